The lowest BCUT2D eigenvalue weighted by molar-refractivity contribution is -0.147. The summed E-state index contributed by atoms with van der Waals surface area (Å²) in [4.78, 5) is 23.2. The van der Waals surface area contributed by atoms with Crippen LogP contribution >= 0.6 is 0 Å². The van der Waals surface area contributed by atoms with Crippen LogP contribution in [-0.4, -0.2) is 78.3 Å². The Morgan fingerprint density at radius 2 is 2.04 bits per heavy atom. The van der Waals surface area contributed by atoms with Crippen molar-refractivity contribution in [3.8, 4) is 0 Å². The summed E-state index contributed by atoms with van der Waals surface area (Å²) in [5.74, 6) is -1.99. The number of rotatable bonds is 8. The Labute approximate surface area is 161 Å². The van der Waals surface area contributed by atoms with Crippen molar-refractivity contribution in [2.24, 2.45) is 5.92 Å². The van der Waals surface area contributed by atoms with Gasteiger partial charge >= 0.3 is 5.97 Å². The molecule has 1 aliphatic heterocycles. The molecule has 1 aromatic heterocycles. The van der Waals surface area contributed by atoms with Gasteiger partial charge in [0.2, 0.25) is 11.7 Å². The number of carbonyl (C=O) groups is 2. The van der Waals surface area contributed by atoms with Gasteiger partial charge in [-0.2, -0.15) is 0 Å². The zero-order chi connectivity index (χ0) is 21.0. The summed E-state index contributed by atoms with van der Waals surface area (Å²) in [6, 6.07) is -1.81. The zero-order valence-electron chi connectivity index (χ0n) is 15.9. The molecule has 2 rings (SSSR count). The van der Waals surface area contributed by atoms with E-state index >= 15 is 0 Å². The fourth-order valence-corrected chi connectivity index (χ4v) is 3.06. The van der Waals surface area contributed by atoms with Crippen LogP contribution in [0, 0.1) is 5.92 Å². The first-order valence-corrected chi connectivity index (χ1v) is 8.90. The number of hydrogen-bond acceptors (Lipinski definition) is 8. The van der Waals surface area contributed by atoms with Crippen LogP contribution in [0.3, 0.4) is 0 Å². The minimum atomic E-state index is -1.66. The monoisotopic (exact) mass is 398 g/mol. The second kappa shape index (κ2) is 9.13. The summed E-state index contributed by atoms with van der Waals surface area (Å²) in [6.45, 7) is 4.51. The smallest absolute Gasteiger partial charge is 0.370 e. The number of nitrogens with zero attached hydrogens (tertiary/aromatic N) is 3. The van der Waals surface area contributed by atoms with Gasteiger partial charge in [0.15, 0.2) is 0 Å². The van der Waals surface area contributed by atoms with Gasteiger partial charge in [0.25, 0.3) is 0 Å². The van der Waals surface area contributed by atoms with Gasteiger partial charge in [-0.1, -0.05) is 19.1 Å². The Hall–Kier alpha value is -2.50. The minimum absolute atomic E-state index is 0.324. The van der Waals surface area contributed by atoms with Crippen molar-refractivity contribution in [2.45, 2.75) is 57.6 Å². The standard InChI is InChI=1S/C17H26N4O7/c1-8(2)4-10-6-21(20-19-10)11-5-13(17(26)27)28-16(14(11)18-9(3)23)15(25)12(24)7-22/h5-6,8,11-12,14-16,22,24-25H,4,7H2,1-3H3,(H,18,23)(H,26,27)/t11-,12+,14+,15+,16+/m0/s1. The maximum Gasteiger partial charge on any atom is 0.370 e. The SMILES string of the molecule is CC(=O)N[C@H]1[C@H]([C@H](O)[C@H](O)CO)OC(C(=O)O)=C[C@@H]1n1cc(CC(C)C)nn1. The van der Waals surface area contributed by atoms with Crippen molar-refractivity contribution in [2.75, 3.05) is 6.61 Å². The zero-order valence-corrected chi connectivity index (χ0v) is 15.9. The van der Waals surface area contributed by atoms with Crippen LogP contribution in [0.5, 0.6) is 0 Å². The highest BCUT2D eigenvalue weighted by molar-refractivity contribution is 5.84. The van der Waals surface area contributed by atoms with E-state index in [4.69, 9.17) is 9.84 Å². The third-order valence-corrected chi connectivity index (χ3v) is 4.29. The third-order valence-electron chi connectivity index (χ3n) is 4.29. The molecule has 0 aromatic carbocycles. The molecule has 0 saturated carbocycles. The predicted molar refractivity (Wildman–Crippen MR) is 94.9 cm³/mol. The fourth-order valence-electron chi connectivity index (χ4n) is 3.06. The average Bonchev–Trinajstić information content (AvgIpc) is 3.07. The van der Waals surface area contributed by atoms with Crippen LogP contribution in [0.4, 0.5) is 0 Å². The van der Waals surface area contributed by atoms with Gasteiger partial charge in [0.05, 0.1) is 24.4 Å². The van der Waals surface area contributed by atoms with Crippen LogP contribution in [0.15, 0.2) is 18.0 Å². The first-order chi connectivity index (χ1) is 13.1. The molecule has 0 spiro atoms. The first-order valence-electron chi connectivity index (χ1n) is 8.90. The quantitative estimate of drug-likeness (QED) is 0.354. The molecular formula is C17H26N4O7. The molecule has 0 fully saturated rings. The molecule has 0 bridgehead atoms. The molecule has 0 saturated heterocycles. The van der Waals surface area contributed by atoms with Crippen molar-refractivity contribution in [3.63, 3.8) is 0 Å². The van der Waals surface area contributed by atoms with E-state index in [0.29, 0.717) is 18.0 Å². The van der Waals surface area contributed by atoms with E-state index in [1.54, 1.807) is 6.20 Å². The van der Waals surface area contributed by atoms with Gasteiger partial charge in [-0.25, -0.2) is 9.48 Å². The molecule has 5 N–H and O–H groups in total. The second-order valence-electron chi connectivity index (χ2n) is 7.16. The Kier molecular flexibility index (Phi) is 7.11. The largest absolute Gasteiger partial charge is 0.478 e. The summed E-state index contributed by atoms with van der Waals surface area (Å²) in [6.07, 6.45) is -1.06. The maximum atomic E-state index is 11.7. The number of carboxylic acids is 1. The van der Waals surface area contributed by atoms with Crippen LogP contribution < -0.4 is 5.32 Å². The summed E-state index contributed by atoms with van der Waals surface area (Å²) < 4.78 is 6.72. The van der Waals surface area contributed by atoms with E-state index in [1.165, 1.54) is 17.7 Å². The summed E-state index contributed by atoms with van der Waals surface area (Å²) in [7, 11) is 0. The highest BCUT2D eigenvalue weighted by Crippen LogP contribution is 2.30. The van der Waals surface area contributed by atoms with Gasteiger partial charge in [-0.15, -0.1) is 5.10 Å². The van der Waals surface area contributed by atoms with Gasteiger partial charge in [-0.05, 0) is 18.4 Å². The highest BCUT2D eigenvalue weighted by Gasteiger charge is 2.44. The minimum Gasteiger partial charge on any atom is -0.478 e. The van der Waals surface area contributed by atoms with Gasteiger partial charge < -0.3 is 30.5 Å². The maximum absolute atomic E-state index is 11.7. The van der Waals surface area contributed by atoms with Crippen LogP contribution in [0.2, 0.25) is 0 Å². The number of hydrogen-bond donors (Lipinski definition) is 5. The lowest BCUT2D eigenvalue weighted by atomic mass is 9.92. The lowest BCUT2D eigenvalue weighted by Crippen LogP contribution is -2.58. The molecule has 11 heteroatoms. The molecule has 1 aliphatic rings. The molecule has 0 aliphatic carbocycles. The van der Waals surface area contributed by atoms with Gasteiger partial charge in [0.1, 0.15) is 18.3 Å². The number of aliphatic hydroxyl groups excluding tert-OH is 3. The van der Waals surface area contributed by atoms with E-state index in [9.17, 15) is 24.9 Å². The summed E-state index contributed by atoms with van der Waals surface area (Å²) in [5.41, 5.74) is 0.681. The number of aliphatic carboxylic acids is 1. The second-order valence-corrected chi connectivity index (χ2v) is 7.16. The van der Waals surface area contributed by atoms with Crippen molar-refractivity contribution in [3.05, 3.63) is 23.7 Å². The topological polar surface area (TPSA) is 167 Å². The number of aromatic nitrogens is 3. The molecule has 2 heterocycles. The molecule has 5 atom stereocenters. The number of ether oxygens (including phenoxy) is 1. The number of amides is 1. The molecular weight excluding hydrogens is 372 g/mol. The molecule has 1 amide bonds. The lowest BCUT2D eigenvalue weighted by Gasteiger charge is -2.39. The van der Waals surface area contributed by atoms with E-state index < -0.39 is 54.6 Å². The van der Waals surface area contributed by atoms with Crippen molar-refractivity contribution < 1.29 is 34.8 Å². The molecule has 156 valence electrons. The number of carbonyl (C=O) groups excluding carboxylic acids is 1. The number of carboxylic acid groups (broad SMARTS) is 1. The molecule has 0 radical (unpaired) electrons. The van der Waals surface area contributed by atoms with Gasteiger partial charge in [-0.3, -0.25) is 4.79 Å². The summed E-state index contributed by atoms with van der Waals surface area (Å²) in [5, 5.41) is 49.4. The Balaban J connectivity index is 2.47. The van der Waals surface area contributed by atoms with Crippen molar-refractivity contribution in [1.82, 2.24) is 20.3 Å². The van der Waals surface area contributed by atoms with E-state index in [0.717, 1.165) is 0 Å². The highest BCUT2D eigenvalue weighted by atomic mass is 16.5. The predicted octanol–water partition coefficient (Wildman–Crippen LogP) is -1.40. The van der Waals surface area contributed by atoms with E-state index in [2.05, 4.69) is 15.6 Å². The number of nitrogens with one attached hydrogen (secondary N) is 1. The van der Waals surface area contributed by atoms with Crippen LogP contribution in [0.25, 0.3) is 0 Å². The average molecular weight is 398 g/mol. The first kappa shape index (κ1) is 21.8. The van der Waals surface area contributed by atoms with Gasteiger partial charge in [0, 0.05) is 13.1 Å². The van der Waals surface area contributed by atoms with Crippen LogP contribution in [0.1, 0.15) is 32.5 Å². The molecule has 0 unspecified atom stereocenters. The Bertz CT molecular complexity index is 733. The van der Waals surface area contributed by atoms with Crippen molar-refractivity contribution >= 4 is 11.9 Å². The molecule has 1 aromatic rings. The van der Waals surface area contributed by atoms with Crippen molar-refractivity contribution in [1.29, 1.82) is 0 Å². The normalized spacial score (nSPS) is 24.2. The molecule has 28 heavy (non-hydrogen) atoms. The van der Waals surface area contributed by atoms with E-state index in [-0.39, 0.29) is 0 Å². The molecule has 11 nitrogen and oxygen atoms in total. The Morgan fingerprint density at radius 1 is 1.36 bits per heavy atom. The third kappa shape index (κ3) is 5.06. The Morgan fingerprint density at radius 3 is 2.57 bits per heavy atom. The summed E-state index contributed by atoms with van der Waals surface area (Å²) >= 11 is 0. The fraction of sp³-hybridized carbons (Fsp3) is 0.647. The van der Waals surface area contributed by atoms with E-state index in [1.807, 2.05) is 13.8 Å². The van der Waals surface area contributed by atoms with Crippen LogP contribution in [-0.2, 0) is 20.7 Å². The number of aliphatic hydroxyl groups is 3.